The van der Waals surface area contributed by atoms with E-state index in [2.05, 4.69) is 31.5 Å². The lowest BCUT2D eigenvalue weighted by atomic mass is 10.2. The summed E-state index contributed by atoms with van der Waals surface area (Å²) in [6.45, 7) is 1.42. The summed E-state index contributed by atoms with van der Waals surface area (Å²) in [5.74, 6) is -0.836. The molecule has 3 rings (SSSR count). The molecule has 0 fully saturated rings. The van der Waals surface area contributed by atoms with Crippen LogP contribution in [0.25, 0.3) is 10.9 Å². The van der Waals surface area contributed by atoms with E-state index in [4.69, 9.17) is 11.6 Å². The van der Waals surface area contributed by atoms with E-state index in [1.807, 2.05) is 19.1 Å². The van der Waals surface area contributed by atoms with Crippen LogP contribution in [0.2, 0.25) is 5.02 Å². The van der Waals surface area contributed by atoms with Gasteiger partial charge >= 0.3 is 0 Å². The molecule has 2 N–H and O–H groups in total. The molecule has 0 aliphatic heterocycles. The third-order valence-corrected chi connectivity index (χ3v) is 4.74. The number of carbonyl (C=O) groups is 2. The quantitative estimate of drug-likeness (QED) is 0.608. The van der Waals surface area contributed by atoms with Crippen LogP contribution in [-0.2, 0) is 16.1 Å². The number of fused-ring (bicyclic) bond motifs is 1. The standard InChI is InChI=1S/C19H16BrClN4O3/c1-11-6-12(20)2-5-15(11)24-17(26)8-22-18(27)9-25-10-23-16-7-13(21)3-4-14(16)19(25)28/h2-7,10H,8-9H2,1H3,(H,22,27)(H,24,26). The fourth-order valence-electron chi connectivity index (χ4n) is 2.60. The van der Waals surface area contributed by atoms with Crippen molar-refractivity contribution in [3.63, 3.8) is 0 Å². The van der Waals surface area contributed by atoms with E-state index in [-0.39, 0.29) is 24.6 Å². The van der Waals surface area contributed by atoms with Crippen LogP contribution in [0.1, 0.15) is 5.56 Å². The highest BCUT2D eigenvalue weighted by molar-refractivity contribution is 9.10. The molecule has 1 heterocycles. The van der Waals surface area contributed by atoms with Crippen LogP contribution in [-0.4, -0.2) is 27.9 Å². The maximum Gasteiger partial charge on any atom is 0.261 e. The van der Waals surface area contributed by atoms with Crippen molar-refractivity contribution in [2.24, 2.45) is 0 Å². The molecule has 0 unspecified atom stereocenters. The third kappa shape index (κ3) is 4.76. The fourth-order valence-corrected chi connectivity index (χ4v) is 3.24. The number of benzene rings is 2. The molecule has 28 heavy (non-hydrogen) atoms. The number of amides is 2. The minimum absolute atomic E-state index is 0.209. The van der Waals surface area contributed by atoms with E-state index in [0.29, 0.717) is 21.6 Å². The number of hydrogen-bond acceptors (Lipinski definition) is 4. The van der Waals surface area contributed by atoms with Crippen molar-refractivity contribution in [2.75, 3.05) is 11.9 Å². The third-order valence-electron chi connectivity index (χ3n) is 4.01. The Labute approximate surface area is 173 Å². The maximum atomic E-state index is 12.4. The van der Waals surface area contributed by atoms with Crippen molar-refractivity contribution >= 4 is 55.9 Å². The van der Waals surface area contributed by atoms with E-state index in [1.165, 1.54) is 10.9 Å². The van der Waals surface area contributed by atoms with Crippen LogP contribution < -0.4 is 16.2 Å². The lowest BCUT2D eigenvalue weighted by Crippen LogP contribution is -2.37. The molecule has 144 valence electrons. The molecule has 0 aliphatic carbocycles. The normalized spacial score (nSPS) is 10.7. The smallest absolute Gasteiger partial charge is 0.261 e. The van der Waals surface area contributed by atoms with Gasteiger partial charge in [0.2, 0.25) is 11.8 Å². The molecule has 1 aromatic heterocycles. The van der Waals surface area contributed by atoms with Crippen molar-refractivity contribution in [1.29, 1.82) is 0 Å². The van der Waals surface area contributed by atoms with Crippen molar-refractivity contribution in [3.8, 4) is 0 Å². The minimum atomic E-state index is -0.472. The van der Waals surface area contributed by atoms with Crippen molar-refractivity contribution < 1.29 is 9.59 Å². The maximum absolute atomic E-state index is 12.4. The van der Waals surface area contributed by atoms with Crippen LogP contribution in [0.4, 0.5) is 5.69 Å². The summed E-state index contributed by atoms with van der Waals surface area (Å²) >= 11 is 9.25. The van der Waals surface area contributed by atoms with E-state index in [0.717, 1.165) is 10.0 Å². The summed E-state index contributed by atoms with van der Waals surface area (Å²) in [5.41, 5.74) is 1.66. The molecule has 2 amide bonds. The molecule has 0 atom stereocenters. The first-order valence-electron chi connectivity index (χ1n) is 8.31. The molecule has 0 spiro atoms. The largest absolute Gasteiger partial charge is 0.345 e. The zero-order chi connectivity index (χ0) is 20.3. The van der Waals surface area contributed by atoms with Gasteiger partial charge in [0, 0.05) is 15.2 Å². The second kappa shape index (κ2) is 8.53. The number of aromatic nitrogens is 2. The molecule has 0 aliphatic rings. The highest BCUT2D eigenvalue weighted by atomic mass is 79.9. The van der Waals surface area contributed by atoms with Gasteiger partial charge in [-0.05, 0) is 48.9 Å². The van der Waals surface area contributed by atoms with Gasteiger partial charge in [0.1, 0.15) is 6.54 Å². The summed E-state index contributed by atoms with van der Waals surface area (Å²) in [4.78, 5) is 40.7. The van der Waals surface area contributed by atoms with Gasteiger partial charge in [0.05, 0.1) is 23.8 Å². The Hall–Kier alpha value is -2.71. The molecule has 0 radical (unpaired) electrons. The zero-order valence-electron chi connectivity index (χ0n) is 14.8. The number of anilines is 1. The Bertz CT molecular complexity index is 1130. The van der Waals surface area contributed by atoms with Gasteiger partial charge in [-0.15, -0.1) is 0 Å². The Morgan fingerprint density at radius 1 is 1.18 bits per heavy atom. The van der Waals surface area contributed by atoms with Crippen LogP contribution in [0.15, 0.2) is 52.0 Å². The van der Waals surface area contributed by atoms with Gasteiger partial charge in [-0.25, -0.2) is 4.98 Å². The molecule has 7 nitrogen and oxygen atoms in total. The summed E-state index contributed by atoms with van der Waals surface area (Å²) in [6, 6.07) is 10.2. The number of rotatable bonds is 5. The van der Waals surface area contributed by atoms with E-state index in [1.54, 1.807) is 24.3 Å². The van der Waals surface area contributed by atoms with Gasteiger partial charge in [-0.2, -0.15) is 0 Å². The second-order valence-corrected chi connectivity index (χ2v) is 7.48. The van der Waals surface area contributed by atoms with Gasteiger partial charge < -0.3 is 10.6 Å². The van der Waals surface area contributed by atoms with Crippen molar-refractivity contribution in [1.82, 2.24) is 14.9 Å². The first-order valence-corrected chi connectivity index (χ1v) is 9.48. The molecule has 0 saturated heterocycles. The van der Waals surface area contributed by atoms with Gasteiger partial charge in [0.15, 0.2) is 0 Å². The van der Waals surface area contributed by atoms with Gasteiger partial charge in [-0.1, -0.05) is 27.5 Å². The van der Waals surface area contributed by atoms with Gasteiger partial charge in [-0.3, -0.25) is 19.0 Å². The summed E-state index contributed by atoms with van der Waals surface area (Å²) in [7, 11) is 0. The zero-order valence-corrected chi connectivity index (χ0v) is 17.2. The number of nitrogens with zero attached hydrogens (tertiary/aromatic N) is 2. The van der Waals surface area contributed by atoms with Gasteiger partial charge in [0.25, 0.3) is 5.56 Å². The molecule has 9 heteroatoms. The second-order valence-electron chi connectivity index (χ2n) is 6.12. The number of halogens is 2. The van der Waals surface area contributed by atoms with E-state index >= 15 is 0 Å². The topological polar surface area (TPSA) is 93.1 Å². The van der Waals surface area contributed by atoms with Crippen molar-refractivity contribution in [3.05, 3.63) is 68.1 Å². The van der Waals surface area contributed by atoms with Crippen molar-refractivity contribution in [2.45, 2.75) is 13.5 Å². The molecule has 0 bridgehead atoms. The Morgan fingerprint density at radius 2 is 1.96 bits per heavy atom. The molecule has 0 saturated carbocycles. The van der Waals surface area contributed by atoms with Crippen LogP contribution >= 0.6 is 27.5 Å². The summed E-state index contributed by atoms with van der Waals surface area (Å²) < 4.78 is 2.09. The predicted octanol–water partition coefficient (Wildman–Crippen LogP) is 2.88. The van der Waals surface area contributed by atoms with Crippen LogP contribution in [0.5, 0.6) is 0 Å². The highest BCUT2D eigenvalue weighted by Crippen LogP contribution is 2.19. The minimum Gasteiger partial charge on any atom is -0.345 e. The molecular formula is C19H16BrClN4O3. The number of hydrogen-bond donors (Lipinski definition) is 2. The highest BCUT2D eigenvalue weighted by Gasteiger charge is 2.11. The first kappa shape index (κ1) is 20.0. The summed E-state index contributed by atoms with van der Waals surface area (Å²) in [6.07, 6.45) is 1.28. The van der Waals surface area contributed by atoms with E-state index < -0.39 is 5.91 Å². The number of nitrogens with one attached hydrogen (secondary N) is 2. The average molecular weight is 464 g/mol. The average Bonchev–Trinajstić information content (AvgIpc) is 2.64. The molecule has 3 aromatic rings. The monoisotopic (exact) mass is 462 g/mol. The molecule has 2 aromatic carbocycles. The molecular weight excluding hydrogens is 448 g/mol. The lowest BCUT2D eigenvalue weighted by Gasteiger charge is -2.10. The summed E-state index contributed by atoms with van der Waals surface area (Å²) in [5, 5.41) is 6.07. The Balaban J connectivity index is 1.60. The van der Waals surface area contributed by atoms with Crippen LogP contribution in [0.3, 0.4) is 0 Å². The van der Waals surface area contributed by atoms with Crippen LogP contribution in [0, 0.1) is 6.92 Å². The predicted molar refractivity (Wildman–Crippen MR) is 112 cm³/mol. The number of carbonyl (C=O) groups excluding carboxylic acids is 2. The number of aryl methyl sites for hydroxylation is 1. The Kier molecular flexibility index (Phi) is 6.11. The Morgan fingerprint density at radius 3 is 2.71 bits per heavy atom. The van der Waals surface area contributed by atoms with E-state index in [9.17, 15) is 14.4 Å². The SMILES string of the molecule is Cc1cc(Br)ccc1NC(=O)CNC(=O)Cn1cnc2cc(Cl)ccc2c1=O. The fraction of sp³-hybridized carbons (Fsp3) is 0.158. The lowest BCUT2D eigenvalue weighted by molar-refractivity contribution is -0.124. The first-order chi connectivity index (χ1) is 13.3.